The van der Waals surface area contributed by atoms with Crippen LogP contribution in [0.25, 0.3) is 16.8 Å². The number of fused-ring (bicyclic) bond motifs is 1. The largest absolute Gasteiger partial charge is 0.478 e. The van der Waals surface area contributed by atoms with E-state index >= 15 is 0 Å². The quantitative estimate of drug-likeness (QED) is 0.828. The lowest BCUT2D eigenvalue weighted by Crippen LogP contribution is -2.24. The Balaban J connectivity index is 2.09. The van der Waals surface area contributed by atoms with Crippen LogP contribution in [0.5, 0.6) is 0 Å². The highest BCUT2D eigenvalue weighted by molar-refractivity contribution is 7.17. The highest BCUT2D eigenvalue weighted by Crippen LogP contribution is 2.38. The van der Waals surface area contributed by atoms with Crippen LogP contribution < -0.4 is 10.2 Å². The standard InChI is InChI=1S/C18H21N3O2S/c1-11(9-15(22)23)17-16(20-18(19-2)24-17)13-6-7-14-12(10-13)5-4-8-21(14)3/h6-7,9-10H,4-5,8H2,1-3H3,(H,19,20)(H,22,23)/b11-9+. The lowest BCUT2D eigenvalue weighted by molar-refractivity contribution is -0.131. The summed E-state index contributed by atoms with van der Waals surface area (Å²) in [4.78, 5) is 18.8. The summed E-state index contributed by atoms with van der Waals surface area (Å²) in [5, 5.41) is 12.9. The number of rotatable bonds is 4. The molecule has 6 heteroatoms. The molecule has 0 fully saturated rings. The summed E-state index contributed by atoms with van der Waals surface area (Å²) in [6, 6.07) is 6.41. The Kier molecular flexibility index (Phi) is 4.57. The molecule has 1 aromatic carbocycles. The van der Waals surface area contributed by atoms with Crippen molar-refractivity contribution in [1.82, 2.24) is 4.98 Å². The summed E-state index contributed by atoms with van der Waals surface area (Å²) in [7, 11) is 3.94. The monoisotopic (exact) mass is 343 g/mol. The van der Waals surface area contributed by atoms with Gasteiger partial charge in [0.15, 0.2) is 5.13 Å². The second kappa shape index (κ2) is 6.65. The number of nitrogens with one attached hydrogen (secondary N) is 1. The number of aliphatic carboxylic acids is 1. The minimum absolute atomic E-state index is 0.714. The normalized spacial score (nSPS) is 14.5. The van der Waals surface area contributed by atoms with Gasteiger partial charge < -0.3 is 15.3 Å². The van der Waals surface area contributed by atoms with Crippen LogP contribution in [0, 0.1) is 0 Å². The molecule has 1 aromatic heterocycles. The Morgan fingerprint density at radius 2 is 2.25 bits per heavy atom. The summed E-state index contributed by atoms with van der Waals surface area (Å²) in [6.07, 6.45) is 3.45. The molecule has 5 nitrogen and oxygen atoms in total. The molecule has 0 saturated heterocycles. The van der Waals surface area contributed by atoms with Crippen LogP contribution >= 0.6 is 11.3 Å². The van der Waals surface area contributed by atoms with E-state index in [9.17, 15) is 4.79 Å². The molecule has 0 radical (unpaired) electrons. The van der Waals surface area contributed by atoms with E-state index in [2.05, 4.69) is 40.4 Å². The van der Waals surface area contributed by atoms with E-state index in [0.717, 1.165) is 40.7 Å². The van der Waals surface area contributed by atoms with Gasteiger partial charge >= 0.3 is 5.97 Å². The molecule has 0 aliphatic carbocycles. The summed E-state index contributed by atoms with van der Waals surface area (Å²) < 4.78 is 0. The maximum Gasteiger partial charge on any atom is 0.328 e. The number of hydrogen-bond donors (Lipinski definition) is 2. The van der Waals surface area contributed by atoms with E-state index in [1.165, 1.54) is 28.7 Å². The third-order valence-electron chi connectivity index (χ3n) is 4.24. The minimum atomic E-state index is -0.940. The molecule has 126 valence electrons. The number of benzene rings is 1. The first-order valence-electron chi connectivity index (χ1n) is 7.94. The highest BCUT2D eigenvalue weighted by Gasteiger charge is 2.18. The van der Waals surface area contributed by atoms with Crippen LogP contribution in [-0.4, -0.2) is 36.7 Å². The molecule has 0 atom stereocenters. The smallest absolute Gasteiger partial charge is 0.328 e. The van der Waals surface area contributed by atoms with Gasteiger partial charge in [0.2, 0.25) is 0 Å². The molecule has 0 spiro atoms. The van der Waals surface area contributed by atoms with Crippen LogP contribution in [0.1, 0.15) is 23.8 Å². The van der Waals surface area contributed by atoms with Gasteiger partial charge in [-0.2, -0.15) is 0 Å². The van der Waals surface area contributed by atoms with E-state index in [0.29, 0.717) is 5.57 Å². The number of carboxylic acid groups (broad SMARTS) is 1. The molecule has 1 aliphatic heterocycles. The Morgan fingerprint density at radius 3 is 2.96 bits per heavy atom. The van der Waals surface area contributed by atoms with Crippen molar-refractivity contribution in [1.29, 1.82) is 0 Å². The van der Waals surface area contributed by atoms with E-state index in [-0.39, 0.29) is 0 Å². The zero-order valence-electron chi connectivity index (χ0n) is 14.1. The van der Waals surface area contributed by atoms with Gasteiger partial charge in [-0.25, -0.2) is 9.78 Å². The van der Waals surface area contributed by atoms with E-state index < -0.39 is 5.97 Å². The molecule has 2 heterocycles. The second-order valence-corrected chi connectivity index (χ2v) is 6.98. The Hall–Kier alpha value is -2.34. The molecule has 0 bridgehead atoms. The van der Waals surface area contributed by atoms with Gasteiger partial charge in [-0.05, 0) is 43.0 Å². The first-order valence-corrected chi connectivity index (χ1v) is 8.76. The Morgan fingerprint density at radius 1 is 1.46 bits per heavy atom. The van der Waals surface area contributed by atoms with Crippen molar-refractivity contribution >= 4 is 33.7 Å². The maximum atomic E-state index is 11.0. The molecule has 2 N–H and O–H groups in total. The van der Waals surface area contributed by atoms with Crippen LogP contribution in [-0.2, 0) is 11.2 Å². The number of carbonyl (C=O) groups is 1. The Bertz CT molecular complexity index is 811. The number of nitrogens with zero attached hydrogens (tertiary/aromatic N) is 2. The van der Waals surface area contributed by atoms with Crippen molar-refractivity contribution in [3.05, 3.63) is 34.7 Å². The molecular weight excluding hydrogens is 322 g/mol. The van der Waals surface area contributed by atoms with Gasteiger partial charge in [-0.1, -0.05) is 17.4 Å². The van der Waals surface area contributed by atoms with Gasteiger partial charge in [0, 0.05) is 38.0 Å². The molecule has 0 amide bonds. The van der Waals surface area contributed by atoms with Crippen molar-refractivity contribution in [2.75, 3.05) is 30.9 Å². The van der Waals surface area contributed by atoms with Crippen LogP contribution in [0.2, 0.25) is 0 Å². The van der Waals surface area contributed by atoms with Gasteiger partial charge in [0.05, 0.1) is 10.6 Å². The van der Waals surface area contributed by atoms with Crippen molar-refractivity contribution in [2.24, 2.45) is 0 Å². The SMILES string of the molecule is CNc1nc(-c2ccc3c(c2)CCCN3C)c(/C(C)=C/C(=O)O)s1. The minimum Gasteiger partial charge on any atom is -0.478 e. The predicted molar refractivity (Wildman–Crippen MR) is 100.0 cm³/mol. The summed E-state index contributed by atoms with van der Waals surface area (Å²) in [5.74, 6) is -0.940. The predicted octanol–water partition coefficient (Wildman–Crippen LogP) is 3.72. The first kappa shape index (κ1) is 16.5. The van der Waals surface area contributed by atoms with Gasteiger partial charge in [-0.3, -0.25) is 0 Å². The maximum absolute atomic E-state index is 11.0. The fourth-order valence-electron chi connectivity index (χ4n) is 3.07. The molecule has 3 rings (SSSR count). The van der Waals surface area contributed by atoms with Gasteiger partial charge in [0.1, 0.15) is 0 Å². The fraction of sp³-hybridized carbons (Fsp3) is 0.333. The van der Waals surface area contributed by atoms with E-state index in [1.807, 2.05) is 14.0 Å². The fourth-order valence-corrected chi connectivity index (χ4v) is 3.99. The number of aryl methyl sites for hydroxylation is 1. The molecule has 0 unspecified atom stereocenters. The van der Waals surface area contributed by atoms with Crippen LogP contribution in [0.4, 0.5) is 10.8 Å². The third kappa shape index (κ3) is 3.14. The van der Waals surface area contributed by atoms with Crippen molar-refractivity contribution in [3.8, 4) is 11.3 Å². The lowest BCUT2D eigenvalue weighted by Gasteiger charge is -2.27. The van der Waals surface area contributed by atoms with Gasteiger partial charge in [0.25, 0.3) is 0 Å². The van der Waals surface area contributed by atoms with E-state index in [1.54, 1.807) is 0 Å². The summed E-state index contributed by atoms with van der Waals surface area (Å²) in [5.41, 5.74) is 5.19. The van der Waals surface area contributed by atoms with Gasteiger partial charge in [-0.15, -0.1) is 0 Å². The van der Waals surface area contributed by atoms with Crippen LogP contribution in [0.15, 0.2) is 24.3 Å². The molecule has 0 saturated carbocycles. The second-order valence-electron chi connectivity index (χ2n) is 5.98. The number of anilines is 2. The lowest BCUT2D eigenvalue weighted by atomic mass is 9.97. The summed E-state index contributed by atoms with van der Waals surface area (Å²) in [6.45, 7) is 2.90. The van der Waals surface area contributed by atoms with Crippen molar-refractivity contribution < 1.29 is 9.90 Å². The number of aromatic nitrogens is 1. The summed E-state index contributed by atoms with van der Waals surface area (Å²) >= 11 is 1.48. The van der Waals surface area contributed by atoms with Crippen molar-refractivity contribution in [3.63, 3.8) is 0 Å². The average molecular weight is 343 g/mol. The average Bonchev–Trinajstić information content (AvgIpc) is 2.99. The number of thiazole rings is 1. The van der Waals surface area contributed by atoms with Crippen LogP contribution in [0.3, 0.4) is 0 Å². The number of hydrogen-bond acceptors (Lipinski definition) is 5. The molecular formula is C18H21N3O2S. The molecule has 2 aromatic rings. The zero-order chi connectivity index (χ0) is 17.3. The third-order valence-corrected chi connectivity index (χ3v) is 5.45. The highest BCUT2D eigenvalue weighted by atomic mass is 32.1. The van der Waals surface area contributed by atoms with Crippen molar-refractivity contribution in [2.45, 2.75) is 19.8 Å². The molecule has 24 heavy (non-hydrogen) atoms. The first-order chi connectivity index (χ1) is 11.5. The number of carboxylic acids is 1. The Labute approximate surface area is 145 Å². The molecule has 1 aliphatic rings. The zero-order valence-corrected chi connectivity index (χ0v) is 14.9. The topological polar surface area (TPSA) is 65.5 Å². The van der Waals surface area contributed by atoms with E-state index in [4.69, 9.17) is 5.11 Å². The number of allylic oxidation sites excluding steroid dienone is 1.